The lowest BCUT2D eigenvalue weighted by Crippen LogP contribution is -2.09. The maximum absolute atomic E-state index is 14.0. The number of hydrogen-bond acceptors (Lipinski definition) is 4. The molecule has 0 saturated carbocycles. The van der Waals surface area contributed by atoms with Gasteiger partial charge in [0.15, 0.2) is 23.0 Å². The second kappa shape index (κ2) is 5.87. The Morgan fingerprint density at radius 1 is 1.15 bits per heavy atom. The Hall–Kier alpha value is -2.81. The van der Waals surface area contributed by atoms with Gasteiger partial charge in [0.2, 0.25) is 0 Å². The molecule has 9 heteroatoms. The van der Waals surface area contributed by atoms with Crippen molar-refractivity contribution in [3.8, 4) is 17.2 Å². The van der Waals surface area contributed by atoms with Gasteiger partial charge in [-0.2, -0.15) is 5.10 Å². The third-order valence-electron chi connectivity index (χ3n) is 4.08. The Bertz CT molecular complexity index is 1200. The van der Waals surface area contributed by atoms with E-state index in [9.17, 15) is 9.18 Å². The lowest BCUT2D eigenvalue weighted by Gasteiger charge is -2.10. The number of halogens is 2. The predicted octanol–water partition coefficient (Wildman–Crippen LogP) is 3.03. The van der Waals surface area contributed by atoms with Crippen LogP contribution in [0.2, 0.25) is 0 Å². The van der Waals surface area contributed by atoms with Crippen LogP contribution in [0.5, 0.6) is 0 Å². The average molecular weight is 417 g/mol. The minimum absolute atomic E-state index is 0.0166. The Kier molecular flexibility index (Phi) is 3.76. The zero-order chi connectivity index (χ0) is 18.6. The fraction of sp³-hybridized carbons (Fsp3) is 0.176. The highest BCUT2D eigenvalue weighted by Crippen LogP contribution is 2.25. The summed E-state index contributed by atoms with van der Waals surface area (Å²) < 4.78 is 17.9. The Labute approximate surface area is 155 Å². The van der Waals surface area contributed by atoms with Crippen molar-refractivity contribution in [3.63, 3.8) is 0 Å². The van der Waals surface area contributed by atoms with Crippen LogP contribution < -0.4 is 5.56 Å². The number of aromatic amines is 1. The highest BCUT2D eigenvalue weighted by Gasteiger charge is 2.17. The highest BCUT2D eigenvalue weighted by molar-refractivity contribution is 9.10. The zero-order valence-electron chi connectivity index (χ0n) is 14.2. The number of rotatable bonds is 2. The van der Waals surface area contributed by atoms with Crippen molar-refractivity contribution in [2.24, 2.45) is 7.05 Å². The molecule has 4 aromatic rings. The number of nitrogens with zero attached hydrogens (tertiary/aromatic N) is 5. The van der Waals surface area contributed by atoms with Crippen LogP contribution in [0.4, 0.5) is 4.39 Å². The van der Waals surface area contributed by atoms with Crippen molar-refractivity contribution < 1.29 is 4.39 Å². The molecule has 0 saturated heterocycles. The van der Waals surface area contributed by atoms with Crippen molar-refractivity contribution in [2.75, 3.05) is 0 Å². The van der Waals surface area contributed by atoms with E-state index in [1.807, 2.05) is 26.0 Å². The number of H-pyrrole nitrogens is 1. The number of aryl methyl sites for hydroxylation is 3. The number of aromatic nitrogens is 6. The van der Waals surface area contributed by atoms with Crippen LogP contribution in [0.1, 0.15) is 11.1 Å². The van der Waals surface area contributed by atoms with Crippen molar-refractivity contribution in [2.45, 2.75) is 13.8 Å². The molecule has 0 aliphatic heterocycles. The smallest absolute Gasteiger partial charge is 0.262 e. The van der Waals surface area contributed by atoms with Crippen molar-refractivity contribution in [1.82, 2.24) is 29.5 Å². The van der Waals surface area contributed by atoms with Gasteiger partial charge in [-0.1, -0.05) is 15.9 Å². The standard InChI is InChI=1S/C17H14BrFN6O/c1-8-4-10(18)5-9(2)14(8)25-6-11-15(23-25)20-16(21-17(11)26)13-12(19)7-24(3)22-13/h4-7H,1-3H3,(H,20,21,23,26). The second-order valence-corrected chi connectivity index (χ2v) is 7.03. The van der Waals surface area contributed by atoms with Gasteiger partial charge >= 0.3 is 0 Å². The molecule has 0 fully saturated rings. The van der Waals surface area contributed by atoms with Crippen LogP contribution >= 0.6 is 15.9 Å². The van der Waals surface area contributed by atoms with Crippen molar-refractivity contribution in [1.29, 1.82) is 0 Å². The summed E-state index contributed by atoms with van der Waals surface area (Å²) in [4.78, 5) is 19.3. The number of hydrogen-bond donors (Lipinski definition) is 1. The van der Waals surface area contributed by atoms with Crippen LogP contribution in [0.25, 0.3) is 28.2 Å². The molecule has 7 nitrogen and oxygen atoms in total. The molecule has 0 amide bonds. The average Bonchev–Trinajstić information content (AvgIpc) is 3.09. The van der Waals surface area contributed by atoms with Gasteiger partial charge in [-0.3, -0.25) is 9.48 Å². The third kappa shape index (κ3) is 2.64. The molecule has 1 aromatic carbocycles. The summed E-state index contributed by atoms with van der Waals surface area (Å²) in [5, 5.41) is 8.76. The van der Waals surface area contributed by atoms with Gasteiger partial charge in [-0.05, 0) is 37.1 Å². The van der Waals surface area contributed by atoms with Crippen molar-refractivity contribution in [3.05, 3.63) is 56.3 Å². The molecule has 0 radical (unpaired) electrons. The molecule has 0 unspecified atom stereocenters. The molecule has 0 spiro atoms. The normalized spacial score (nSPS) is 11.4. The minimum Gasteiger partial charge on any atom is -0.304 e. The van der Waals surface area contributed by atoms with Gasteiger partial charge < -0.3 is 4.98 Å². The van der Waals surface area contributed by atoms with E-state index in [2.05, 4.69) is 36.1 Å². The molecule has 26 heavy (non-hydrogen) atoms. The van der Waals surface area contributed by atoms with Gasteiger partial charge in [-0.15, -0.1) is 5.10 Å². The summed E-state index contributed by atoms with van der Waals surface area (Å²) in [6, 6.07) is 3.95. The maximum atomic E-state index is 14.0. The van der Waals surface area contributed by atoms with Gasteiger partial charge in [0.25, 0.3) is 5.56 Å². The molecule has 3 heterocycles. The monoisotopic (exact) mass is 416 g/mol. The Morgan fingerprint density at radius 3 is 2.46 bits per heavy atom. The van der Waals surface area contributed by atoms with Crippen LogP contribution in [0.15, 0.2) is 33.8 Å². The lowest BCUT2D eigenvalue weighted by atomic mass is 10.1. The topological polar surface area (TPSA) is 81.4 Å². The molecule has 0 aliphatic rings. The molecule has 132 valence electrons. The Morgan fingerprint density at radius 2 is 1.85 bits per heavy atom. The minimum atomic E-state index is -0.561. The van der Waals surface area contributed by atoms with E-state index in [0.29, 0.717) is 5.39 Å². The van der Waals surface area contributed by atoms with Gasteiger partial charge in [0.1, 0.15) is 5.39 Å². The molecule has 0 bridgehead atoms. The van der Waals surface area contributed by atoms with Crippen LogP contribution in [0, 0.1) is 19.7 Å². The van der Waals surface area contributed by atoms with E-state index in [1.54, 1.807) is 17.9 Å². The zero-order valence-corrected chi connectivity index (χ0v) is 15.8. The summed E-state index contributed by atoms with van der Waals surface area (Å²) >= 11 is 3.47. The number of nitrogens with one attached hydrogen (secondary N) is 1. The number of benzene rings is 1. The Balaban J connectivity index is 1.93. The van der Waals surface area contributed by atoms with E-state index in [4.69, 9.17) is 0 Å². The fourth-order valence-electron chi connectivity index (χ4n) is 3.03. The first-order chi connectivity index (χ1) is 12.3. The summed E-state index contributed by atoms with van der Waals surface area (Å²) in [6.07, 6.45) is 2.84. The third-order valence-corrected chi connectivity index (χ3v) is 4.54. The van der Waals surface area contributed by atoms with Crippen LogP contribution in [0.3, 0.4) is 0 Å². The predicted molar refractivity (Wildman–Crippen MR) is 98.8 cm³/mol. The molecular weight excluding hydrogens is 403 g/mol. The summed E-state index contributed by atoms with van der Waals surface area (Å²) in [5.74, 6) is -0.510. The molecule has 4 rings (SSSR count). The van der Waals surface area contributed by atoms with Crippen LogP contribution in [-0.2, 0) is 7.05 Å². The van der Waals surface area contributed by atoms with E-state index < -0.39 is 11.4 Å². The van der Waals surface area contributed by atoms with E-state index in [1.165, 1.54) is 10.9 Å². The molecular formula is C17H14BrFN6O. The molecule has 0 aliphatic carbocycles. The van der Waals surface area contributed by atoms with Crippen LogP contribution in [-0.4, -0.2) is 29.5 Å². The summed E-state index contributed by atoms with van der Waals surface area (Å²) in [5.41, 5.74) is 2.69. The fourth-order valence-corrected chi connectivity index (χ4v) is 3.71. The van der Waals surface area contributed by atoms with Gasteiger partial charge in [-0.25, -0.2) is 14.1 Å². The highest BCUT2D eigenvalue weighted by atomic mass is 79.9. The number of fused-ring (bicyclic) bond motifs is 1. The molecule has 0 atom stereocenters. The van der Waals surface area contributed by atoms with E-state index in [0.717, 1.165) is 21.3 Å². The maximum Gasteiger partial charge on any atom is 0.262 e. The van der Waals surface area contributed by atoms with Gasteiger partial charge in [0.05, 0.1) is 11.9 Å². The van der Waals surface area contributed by atoms with E-state index in [-0.39, 0.29) is 17.2 Å². The largest absolute Gasteiger partial charge is 0.304 e. The SMILES string of the molecule is Cc1cc(Br)cc(C)c1-n1cc2c(=O)[nH]c(-c3nn(C)cc3F)nc2n1. The first-order valence-corrected chi connectivity index (χ1v) is 8.59. The second-order valence-electron chi connectivity index (χ2n) is 6.11. The van der Waals surface area contributed by atoms with E-state index >= 15 is 0 Å². The first kappa shape index (κ1) is 16.6. The lowest BCUT2D eigenvalue weighted by molar-refractivity contribution is 0.626. The molecule has 3 aromatic heterocycles. The summed E-state index contributed by atoms with van der Waals surface area (Å²) in [7, 11) is 1.59. The molecule has 1 N–H and O–H groups in total. The summed E-state index contributed by atoms with van der Waals surface area (Å²) in [6.45, 7) is 3.93. The quantitative estimate of drug-likeness (QED) is 0.544. The first-order valence-electron chi connectivity index (χ1n) is 7.80. The van der Waals surface area contributed by atoms with Gasteiger partial charge in [0, 0.05) is 17.7 Å². The van der Waals surface area contributed by atoms with Crippen molar-refractivity contribution >= 4 is 27.0 Å².